The minimum Gasteiger partial charge on any atom is -0.391 e. The van der Waals surface area contributed by atoms with Crippen molar-refractivity contribution in [1.29, 1.82) is 0 Å². The van der Waals surface area contributed by atoms with Gasteiger partial charge in [-0.2, -0.15) is 0 Å². The van der Waals surface area contributed by atoms with E-state index >= 15 is 0 Å². The number of nitrogens with one attached hydrogen (secondary N) is 1. The van der Waals surface area contributed by atoms with Crippen molar-refractivity contribution < 1.29 is 14.6 Å². The molecule has 1 aliphatic heterocycles. The Bertz CT molecular complexity index is 472. The first-order valence-electron chi connectivity index (χ1n) is 6.88. The maximum Gasteiger partial charge on any atom is 0.251 e. The van der Waals surface area contributed by atoms with E-state index in [9.17, 15) is 9.90 Å². The Morgan fingerprint density at radius 2 is 2.20 bits per heavy atom. The highest BCUT2D eigenvalue weighted by Crippen LogP contribution is 2.20. The molecular weight excluding hydrogens is 322 g/mol. The first-order chi connectivity index (χ1) is 9.59. The summed E-state index contributed by atoms with van der Waals surface area (Å²) >= 11 is 3.41. The molecule has 1 fully saturated rings. The number of halogens is 1. The fourth-order valence-electron chi connectivity index (χ4n) is 2.41. The Balaban J connectivity index is 1.89. The number of hydrogen-bond acceptors (Lipinski definition) is 3. The summed E-state index contributed by atoms with van der Waals surface area (Å²) in [5.74, 6) is 0.0718. The second-order valence-corrected chi connectivity index (χ2v) is 5.99. The van der Waals surface area contributed by atoms with Crippen LogP contribution in [0.25, 0.3) is 0 Å². The molecule has 0 radical (unpaired) electrons. The zero-order valence-corrected chi connectivity index (χ0v) is 13.1. The average molecular weight is 342 g/mol. The number of aliphatic hydroxyl groups is 1. The Morgan fingerprint density at radius 1 is 1.50 bits per heavy atom. The van der Waals surface area contributed by atoms with Gasteiger partial charge in [-0.25, -0.2) is 0 Å². The van der Waals surface area contributed by atoms with Crippen molar-refractivity contribution in [2.75, 3.05) is 19.8 Å². The van der Waals surface area contributed by atoms with Gasteiger partial charge in [0.1, 0.15) is 0 Å². The highest BCUT2D eigenvalue weighted by Gasteiger charge is 2.22. The number of ether oxygens (including phenoxy) is 1. The van der Waals surface area contributed by atoms with Gasteiger partial charge in [-0.15, -0.1) is 0 Å². The van der Waals surface area contributed by atoms with Gasteiger partial charge in [-0.1, -0.05) is 22.0 Å². The summed E-state index contributed by atoms with van der Waals surface area (Å²) in [5.41, 5.74) is 1.55. The highest BCUT2D eigenvalue weighted by molar-refractivity contribution is 9.10. The molecule has 1 atom stereocenters. The summed E-state index contributed by atoms with van der Waals surface area (Å²) in [6, 6.07) is 5.53. The van der Waals surface area contributed by atoms with Gasteiger partial charge in [0.2, 0.25) is 0 Å². The molecule has 110 valence electrons. The van der Waals surface area contributed by atoms with Crippen molar-refractivity contribution >= 4 is 21.8 Å². The summed E-state index contributed by atoms with van der Waals surface area (Å²) in [4.78, 5) is 12.1. The molecule has 0 aliphatic carbocycles. The molecule has 1 aromatic carbocycles. The Hall–Kier alpha value is -0.910. The normalized spacial score (nSPS) is 17.8. The molecule has 1 heterocycles. The van der Waals surface area contributed by atoms with Gasteiger partial charge in [0.25, 0.3) is 5.91 Å². The molecule has 0 aromatic heterocycles. The van der Waals surface area contributed by atoms with Crippen LogP contribution in [-0.4, -0.2) is 36.9 Å². The van der Waals surface area contributed by atoms with E-state index in [0.717, 1.165) is 22.9 Å². The van der Waals surface area contributed by atoms with E-state index in [4.69, 9.17) is 4.74 Å². The van der Waals surface area contributed by atoms with Gasteiger partial charge in [0, 0.05) is 29.8 Å². The van der Waals surface area contributed by atoms with Crippen molar-refractivity contribution in [3.63, 3.8) is 0 Å². The van der Waals surface area contributed by atoms with E-state index < -0.39 is 6.10 Å². The topological polar surface area (TPSA) is 58.6 Å². The molecule has 0 saturated carbocycles. The molecule has 1 saturated heterocycles. The number of aliphatic hydroxyl groups excluding tert-OH is 1. The molecule has 1 unspecified atom stereocenters. The fourth-order valence-corrected chi connectivity index (χ4v) is 2.78. The third-order valence-corrected chi connectivity index (χ3v) is 4.65. The number of rotatable bonds is 4. The van der Waals surface area contributed by atoms with Crippen LogP contribution in [0.1, 0.15) is 28.8 Å². The molecule has 1 aliphatic rings. The number of hydrogen-bond donors (Lipinski definition) is 2. The lowest BCUT2D eigenvalue weighted by Crippen LogP contribution is -2.38. The van der Waals surface area contributed by atoms with E-state index in [1.807, 2.05) is 19.1 Å². The van der Waals surface area contributed by atoms with Gasteiger partial charge in [-0.05, 0) is 43.4 Å². The molecule has 20 heavy (non-hydrogen) atoms. The minimum absolute atomic E-state index is 0.144. The van der Waals surface area contributed by atoms with Crippen LogP contribution >= 0.6 is 15.9 Å². The summed E-state index contributed by atoms with van der Waals surface area (Å²) in [6.07, 6.45) is 1.20. The quantitative estimate of drug-likeness (QED) is 0.883. The van der Waals surface area contributed by atoms with E-state index in [2.05, 4.69) is 21.2 Å². The van der Waals surface area contributed by atoms with Crippen molar-refractivity contribution in [2.24, 2.45) is 5.92 Å². The largest absolute Gasteiger partial charge is 0.391 e. The zero-order chi connectivity index (χ0) is 14.5. The monoisotopic (exact) mass is 341 g/mol. The van der Waals surface area contributed by atoms with Crippen LogP contribution in [0.15, 0.2) is 22.7 Å². The lowest BCUT2D eigenvalue weighted by Gasteiger charge is -2.26. The standard InChI is InChI=1S/C15H20BrNO3/c1-10-12(3-2-4-13(10)16)15(19)17-9-14(18)11-5-7-20-8-6-11/h2-4,11,14,18H,5-9H2,1H3,(H,17,19). The predicted octanol–water partition coefficient (Wildman–Crippen LogP) is 2.27. The number of carbonyl (C=O) groups excluding carboxylic acids is 1. The molecular formula is C15H20BrNO3. The Kier molecular flexibility index (Phi) is 5.57. The lowest BCUT2D eigenvalue weighted by molar-refractivity contribution is 0.00872. The summed E-state index contributed by atoms with van der Waals surface area (Å²) in [7, 11) is 0. The van der Waals surface area contributed by atoms with E-state index in [0.29, 0.717) is 18.8 Å². The minimum atomic E-state index is -0.504. The van der Waals surface area contributed by atoms with Crippen molar-refractivity contribution in [2.45, 2.75) is 25.9 Å². The van der Waals surface area contributed by atoms with Gasteiger partial charge >= 0.3 is 0 Å². The van der Waals surface area contributed by atoms with E-state index in [1.165, 1.54) is 0 Å². The number of carbonyl (C=O) groups is 1. The van der Waals surface area contributed by atoms with Crippen molar-refractivity contribution in [3.05, 3.63) is 33.8 Å². The van der Waals surface area contributed by atoms with Gasteiger partial charge < -0.3 is 15.2 Å². The summed E-state index contributed by atoms with van der Waals surface area (Å²) in [5, 5.41) is 12.9. The molecule has 1 amide bonds. The average Bonchev–Trinajstić information content (AvgIpc) is 2.48. The maximum atomic E-state index is 12.1. The van der Waals surface area contributed by atoms with Crippen LogP contribution in [0.5, 0.6) is 0 Å². The Morgan fingerprint density at radius 3 is 2.90 bits per heavy atom. The summed E-state index contributed by atoms with van der Waals surface area (Å²) in [6.45, 7) is 3.57. The van der Waals surface area contributed by atoms with Crippen LogP contribution in [0, 0.1) is 12.8 Å². The Labute approximate surface area is 127 Å². The SMILES string of the molecule is Cc1c(Br)cccc1C(=O)NCC(O)C1CCOCC1. The lowest BCUT2D eigenvalue weighted by atomic mass is 9.94. The van der Waals surface area contributed by atoms with Crippen molar-refractivity contribution in [3.8, 4) is 0 Å². The van der Waals surface area contributed by atoms with Crippen LogP contribution < -0.4 is 5.32 Å². The fraction of sp³-hybridized carbons (Fsp3) is 0.533. The predicted molar refractivity (Wildman–Crippen MR) is 80.8 cm³/mol. The van der Waals surface area contributed by atoms with Crippen LogP contribution in [0.4, 0.5) is 0 Å². The van der Waals surface area contributed by atoms with Gasteiger partial charge in [-0.3, -0.25) is 4.79 Å². The highest BCUT2D eigenvalue weighted by atomic mass is 79.9. The van der Waals surface area contributed by atoms with Crippen molar-refractivity contribution in [1.82, 2.24) is 5.32 Å². The van der Waals surface area contributed by atoms with Crippen LogP contribution in [0.3, 0.4) is 0 Å². The molecule has 1 aromatic rings. The molecule has 4 nitrogen and oxygen atoms in total. The molecule has 0 bridgehead atoms. The maximum absolute atomic E-state index is 12.1. The number of benzene rings is 1. The first-order valence-corrected chi connectivity index (χ1v) is 7.68. The summed E-state index contributed by atoms with van der Waals surface area (Å²) < 4.78 is 6.18. The smallest absolute Gasteiger partial charge is 0.251 e. The second kappa shape index (κ2) is 7.20. The second-order valence-electron chi connectivity index (χ2n) is 5.14. The molecule has 2 rings (SSSR count). The zero-order valence-electron chi connectivity index (χ0n) is 11.6. The van der Waals surface area contributed by atoms with Crippen LogP contribution in [0.2, 0.25) is 0 Å². The number of amides is 1. The van der Waals surface area contributed by atoms with Crippen LogP contribution in [-0.2, 0) is 4.74 Å². The van der Waals surface area contributed by atoms with Gasteiger partial charge in [0.15, 0.2) is 0 Å². The van der Waals surface area contributed by atoms with E-state index in [1.54, 1.807) is 6.07 Å². The van der Waals surface area contributed by atoms with E-state index in [-0.39, 0.29) is 18.4 Å². The molecule has 5 heteroatoms. The third-order valence-electron chi connectivity index (χ3n) is 3.79. The molecule has 2 N–H and O–H groups in total. The third kappa shape index (κ3) is 3.81. The first kappa shape index (κ1) is 15.5. The molecule has 0 spiro atoms. The van der Waals surface area contributed by atoms with Gasteiger partial charge in [0.05, 0.1) is 6.10 Å².